The zero-order chi connectivity index (χ0) is 21.7. The smallest absolute Gasteiger partial charge is 0.341 e. The van der Waals surface area contributed by atoms with Crippen LogP contribution < -0.4 is 4.74 Å². The molecule has 0 saturated heterocycles. The first kappa shape index (κ1) is 21.5. The van der Waals surface area contributed by atoms with E-state index in [2.05, 4.69) is 12.1 Å². The van der Waals surface area contributed by atoms with Crippen LogP contribution in [0.25, 0.3) is 0 Å². The summed E-state index contributed by atoms with van der Waals surface area (Å²) < 4.78 is 10.4. The number of rotatable bonds is 7. The maximum atomic E-state index is 12.2. The fraction of sp³-hybridized carbons (Fsp3) is 0.208. The molecule has 0 unspecified atom stereocenters. The number of halogens is 1. The van der Waals surface area contributed by atoms with Crippen LogP contribution in [0.15, 0.2) is 54.6 Å². The minimum Gasteiger partial charge on any atom is -0.507 e. The van der Waals surface area contributed by atoms with Crippen molar-refractivity contribution in [1.29, 1.82) is 0 Å². The molecule has 3 aromatic rings. The number of benzene rings is 3. The van der Waals surface area contributed by atoms with E-state index in [9.17, 15) is 15.0 Å². The topological polar surface area (TPSA) is 76.0 Å². The maximum Gasteiger partial charge on any atom is 0.341 e. The van der Waals surface area contributed by atoms with Gasteiger partial charge >= 0.3 is 5.97 Å². The normalized spacial score (nSPS) is 10.6. The van der Waals surface area contributed by atoms with Crippen molar-refractivity contribution in [3.63, 3.8) is 0 Å². The Balaban J connectivity index is 1.98. The summed E-state index contributed by atoms with van der Waals surface area (Å²) in [6.07, 6.45) is 1.52. The van der Waals surface area contributed by atoms with Crippen LogP contribution in [-0.2, 0) is 24.0 Å². The quantitative estimate of drug-likeness (QED) is 0.524. The van der Waals surface area contributed by atoms with E-state index in [1.165, 1.54) is 7.11 Å². The van der Waals surface area contributed by atoms with E-state index in [0.717, 1.165) is 28.5 Å². The fourth-order valence-corrected chi connectivity index (χ4v) is 3.79. The molecule has 5 nitrogen and oxygen atoms in total. The van der Waals surface area contributed by atoms with Crippen LogP contribution in [0.5, 0.6) is 17.2 Å². The van der Waals surface area contributed by atoms with Gasteiger partial charge in [-0.1, -0.05) is 54.1 Å². The molecule has 156 valence electrons. The molecule has 30 heavy (non-hydrogen) atoms. The second-order valence-electron chi connectivity index (χ2n) is 6.83. The van der Waals surface area contributed by atoms with E-state index in [-0.39, 0.29) is 22.1 Å². The van der Waals surface area contributed by atoms with Gasteiger partial charge in [0.25, 0.3) is 0 Å². The summed E-state index contributed by atoms with van der Waals surface area (Å²) in [7, 11) is 2.86. The van der Waals surface area contributed by atoms with Crippen molar-refractivity contribution >= 4 is 17.6 Å². The summed E-state index contributed by atoms with van der Waals surface area (Å²) >= 11 is 6.27. The highest BCUT2D eigenvalue weighted by Crippen LogP contribution is 2.37. The third-order valence-corrected chi connectivity index (χ3v) is 5.45. The number of phenolic OH excluding ortho intramolecular Hbond substituents is 2. The summed E-state index contributed by atoms with van der Waals surface area (Å²) in [5.74, 6) is -0.588. The van der Waals surface area contributed by atoms with E-state index in [4.69, 9.17) is 21.1 Å². The number of esters is 1. The zero-order valence-corrected chi connectivity index (χ0v) is 17.6. The van der Waals surface area contributed by atoms with E-state index in [1.54, 1.807) is 7.11 Å². The first-order chi connectivity index (χ1) is 14.5. The van der Waals surface area contributed by atoms with Gasteiger partial charge in [0.1, 0.15) is 22.8 Å². The van der Waals surface area contributed by atoms with Crippen LogP contribution in [-0.4, -0.2) is 30.4 Å². The van der Waals surface area contributed by atoms with Gasteiger partial charge in [0.05, 0.1) is 19.2 Å². The van der Waals surface area contributed by atoms with Crippen molar-refractivity contribution in [3.8, 4) is 17.2 Å². The summed E-state index contributed by atoms with van der Waals surface area (Å²) in [6.45, 7) is 0. The van der Waals surface area contributed by atoms with E-state index < -0.39 is 5.97 Å². The van der Waals surface area contributed by atoms with Crippen molar-refractivity contribution in [2.24, 2.45) is 0 Å². The minimum absolute atomic E-state index is 0.0284. The molecule has 3 rings (SSSR count). The molecule has 0 amide bonds. The van der Waals surface area contributed by atoms with Crippen LogP contribution >= 0.6 is 11.6 Å². The number of methoxy groups -OCH3 is 2. The van der Waals surface area contributed by atoms with Gasteiger partial charge in [-0.2, -0.15) is 0 Å². The minimum atomic E-state index is -0.709. The predicted octanol–water partition coefficient (Wildman–Crippen LogP) is 4.92. The van der Waals surface area contributed by atoms with E-state index in [0.29, 0.717) is 24.8 Å². The van der Waals surface area contributed by atoms with E-state index in [1.807, 2.05) is 36.4 Å². The highest BCUT2D eigenvalue weighted by atomic mass is 35.5. The van der Waals surface area contributed by atoms with Crippen molar-refractivity contribution in [2.45, 2.75) is 19.3 Å². The van der Waals surface area contributed by atoms with Crippen molar-refractivity contribution in [3.05, 3.63) is 87.4 Å². The Labute approximate surface area is 180 Å². The molecule has 6 heteroatoms. The first-order valence-corrected chi connectivity index (χ1v) is 9.84. The molecule has 0 radical (unpaired) electrons. The van der Waals surface area contributed by atoms with Crippen molar-refractivity contribution in [1.82, 2.24) is 0 Å². The van der Waals surface area contributed by atoms with Crippen molar-refractivity contribution < 1.29 is 24.5 Å². The largest absolute Gasteiger partial charge is 0.507 e. The lowest BCUT2D eigenvalue weighted by atomic mass is 9.93. The molecule has 0 aliphatic rings. The van der Waals surface area contributed by atoms with Gasteiger partial charge in [0.2, 0.25) is 0 Å². The van der Waals surface area contributed by atoms with Gasteiger partial charge in [-0.25, -0.2) is 4.79 Å². The average molecular weight is 427 g/mol. The van der Waals surface area contributed by atoms with Gasteiger partial charge in [0.15, 0.2) is 0 Å². The number of hydrogen-bond donors (Lipinski definition) is 2. The lowest BCUT2D eigenvalue weighted by molar-refractivity contribution is 0.0596. The third kappa shape index (κ3) is 4.52. The Hall–Kier alpha value is -3.18. The Morgan fingerprint density at radius 3 is 2.33 bits per heavy atom. The monoisotopic (exact) mass is 426 g/mol. The summed E-state index contributed by atoms with van der Waals surface area (Å²) in [6, 6.07) is 16.9. The number of aromatic hydroxyl groups is 2. The number of ether oxygens (including phenoxy) is 2. The summed E-state index contributed by atoms with van der Waals surface area (Å²) in [5, 5.41) is 20.2. The molecule has 0 bridgehead atoms. The zero-order valence-electron chi connectivity index (χ0n) is 16.8. The highest BCUT2D eigenvalue weighted by Gasteiger charge is 2.23. The lowest BCUT2D eigenvalue weighted by Gasteiger charge is -2.16. The standard InChI is InChI=1S/C24H23ClO5/c1-29-21-10-6-9-16(18(21)13-15-7-4-3-5-8-15)11-12-17-22(24(28)30-2)19(26)14-20(27)23(17)25/h3-10,14,26-27H,11-13H2,1-2H3. The SMILES string of the molecule is COC(=O)c1c(O)cc(O)c(Cl)c1CCc1cccc(OC)c1Cc1ccccc1. The fourth-order valence-electron chi connectivity index (χ4n) is 3.55. The Morgan fingerprint density at radius 2 is 1.67 bits per heavy atom. The molecule has 0 saturated carbocycles. The Bertz CT molecular complexity index is 1050. The van der Waals surface area contributed by atoms with Gasteiger partial charge in [-0.05, 0) is 35.6 Å². The first-order valence-electron chi connectivity index (χ1n) is 9.46. The molecular weight excluding hydrogens is 404 g/mol. The summed E-state index contributed by atoms with van der Waals surface area (Å²) in [5.41, 5.74) is 3.51. The number of phenols is 2. The number of carbonyl (C=O) groups excluding carboxylic acids is 1. The third-order valence-electron chi connectivity index (χ3n) is 5.03. The Morgan fingerprint density at radius 1 is 0.933 bits per heavy atom. The van der Waals surface area contributed by atoms with Crippen LogP contribution in [0.1, 0.15) is 32.6 Å². The van der Waals surface area contributed by atoms with Crippen LogP contribution in [0.4, 0.5) is 0 Å². The average Bonchev–Trinajstić information content (AvgIpc) is 2.76. The van der Waals surface area contributed by atoms with Crippen LogP contribution in [0.3, 0.4) is 0 Å². The van der Waals surface area contributed by atoms with Gasteiger partial charge in [-0.3, -0.25) is 0 Å². The van der Waals surface area contributed by atoms with E-state index >= 15 is 0 Å². The molecule has 0 atom stereocenters. The van der Waals surface area contributed by atoms with Gasteiger partial charge in [-0.15, -0.1) is 0 Å². The van der Waals surface area contributed by atoms with Crippen LogP contribution in [0, 0.1) is 0 Å². The van der Waals surface area contributed by atoms with Crippen LogP contribution in [0.2, 0.25) is 5.02 Å². The molecule has 3 aromatic carbocycles. The Kier molecular flexibility index (Phi) is 6.85. The number of hydrogen-bond acceptors (Lipinski definition) is 5. The molecule has 0 aliphatic heterocycles. The van der Waals surface area contributed by atoms with Gasteiger partial charge in [0, 0.05) is 18.1 Å². The number of carbonyl (C=O) groups is 1. The van der Waals surface area contributed by atoms with Gasteiger partial charge < -0.3 is 19.7 Å². The molecule has 0 heterocycles. The lowest BCUT2D eigenvalue weighted by Crippen LogP contribution is -2.09. The molecule has 0 spiro atoms. The second kappa shape index (κ2) is 9.55. The maximum absolute atomic E-state index is 12.2. The second-order valence-corrected chi connectivity index (χ2v) is 7.21. The predicted molar refractivity (Wildman–Crippen MR) is 116 cm³/mol. The molecule has 0 aliphatic carbocycles. The molecular formula is C24H23ClO5. The summed E-state index contributed by atoms with van der Waals surface area (Å²) in [4.78, 5) is 12.2. The molecule has 0 aromatic heterocycles. The highest BCUT2D eigenvalue weighted by molar-refractivity contribution is 6.33. The number of aryl methyl sites for hydroxylation is 1. The molecule has 0 fully saturated rings. The molecule has 2 N–H and O–H groups in total. The van der Waals surface area contributed by atoms with Crippen molar-refractivity contribution in [2.75, 3.05) is 14.2 Å².